The molecule has 0 saturated carbocycles. The summed E-state index contributed by atoms with van der Waals surface area (Å²) >= 11 is 5.42. The molecule has 0 unspecified atom stereocenters. The molecule has 1 aromatic heterocycles. The second kappa shape index (κ2) is 9.40. The first kappa shape index (κ1) is 21.7. The average molecular weight is 469 g/mol. The number of benzene rings is 2. The summed E-state index contributed by atoms with van der Waals surface area (Å²) in [6.45, 7) is 3.99. The lowest BCUT2D eigenvalue weighted by Crippen LogP contribution is -2.35. The molecule has 2 aliphatic rings. The van der Waals surface area contributed by atoms with Crippen LogP contribution in [-0.2, 0) is 4.74 Å². The van der Waals surface area contributed by atoms with Gasteiger partial charge in [0.05, 0.1) is 29.3 Å². The molecule has 3 aromatic rings. The molecule has 0 bridgehead atoms. The molecule has 2 aliphatic heterocycles. The van der Waals surface area contributed by atoms with E-state index < -0.39 is 11.9 Å². The minimum absolute atomic E-state index is 0.265. The van der Waals surface area contributed by atoms with Gasteiger partial charge >= 0.3 is 6.09 Å². The van der Waals surface area contributed by atoms with E-state index in [9.17, 15) is 9.18 Å². The summed E-state index contributed by atoms with van der Waals surface area (Å²) < 4.78 is 21.9. The third-order valence-corrected chi connectivity index (χ3v) is 6.43. The Morgan fingerprint density at radius 2 is 2.03 bits per heavy atom. The van der Waals surface area contributed by atoms with E-state index in [0.717, 1.165) is 31.0 Å². The second-order valence-electron chi connectivity index (χ2n) is 8.34. The van der Waals surface area contributed by atoms with E-state index in [2.05, 4.69) is 20.5 Å². The number of thiocarbonyl (C=S) groups is 1. The number of anilines is 1. The van der Waals surface area contributed by atoms with E-state index in [1.807, 2.05) is 24.3 Å². The van der Waals surface area contributed by atoms with Crippen molar-refractivity contribution in [3.63, 3.8) is 0 Å². The van der Waals surface area contributed by atoms with Gasteiger partial charge in [0.2, 0.25) is 0 Å². The summed E-state index contributed by atoms with van der Waals surface area (Å²) in [5.74, 6) is -0.499. The Kier molecular flexibility index (Phi) is 6.19. The van der Waals surface area contributed by atoms with E-state index in [0.29, 0.717) is 29.8 Å². The Morgan fingerprint density at radius 1 is 1.21 bits per heavy atom. The number of nitrogens with one attached hydrogen (secondary N) is 1. The van der Waals surface area contributed by atoms with Gasteiger partial charge in [0, 0.05) is 13.0 Å². The highest BCUT2D eigenvalue weighted by atomic mass is 32.1. The standard InChI is InChI=1S/C23H25FN6O2S/c24-18-13-16(7-8-20(18)30-21-6-2-1-5-19(21)26-27-30)29-15-17(32-23(29)31)14-25-22(33)9-12-28-10-3-4-11-28/h1-2,5-8,13,17H,3-4,9-12,14-15H2,(H,25,33)/t17-/m0/s1. The molecule has 5 rings (SSSR count). The molecule has 1 atom stereocenters. The number of amides is 1. The summed E-state index contributed by atoms with van der Waals surface area (Å²) in [6, 6.07) is 12.0. The summed E-state index contributed by atoms with van der Waals surface area (Å²) in [5, 5.41) is 11.3. The number of hydrogen-bond acceptors (Lipinski definition) is 6. The van der Waals surface area contributed by atoms with Crippen LogP contribution >= 0.6 is 12.2 Å². The number of carbonyl (C=O) groups is 1. The minimum Gasteiger partial charge on any atom is -0.442 e. The fraction of sp³-hybridized carbons (Fsp3) is 0.391. The van der Waals surface area contributed by atoms with Gasteiger partial charge < -0.3 is 15.0 Å². The summed E-state index contributed by atoms with van der Waals surface area (Å²) in [5.41, 5.74) is 2.08. The predicted molar refractivity (Wildman–Crippen MR) is 127 cm³/mol. The maximum atomic E-state index is 15.0. The molecule has 0 aliphatic carbocycles. The number of cyclic esters (lactones) is 1. The number of rotatable bonds is 7. The first-order valence-corrected chi connectivity index (χ1v) is 11.6. The molecule has 2 saturated heterocycles. The summed E-state index contributed by atoms with van der Waals surface area (Å²) in [7, 11) is 0. The molecule has 172 valence electrons. The van der Waals surface area contributed by atoms with Gasteiger partial charge in [0.15, 0.2) is 5.82 Å². The minimum atomic E-state index is -0.499. The van der Waals surface area contributed by atoms with Gasteiger partial charge in [-0.2, -0.15) is 0 Å². The number of nitrogens with zero attached hydrogens (tertiary/aromatic N) is 5. The SMILES string of the molecule is O=C1O[C@@H](CNC(=S)CCN2CCCC2)CN1c1ccc(-n2nnc3ccccc32)c(F)c1. The van der Waals surface area contributed by atoms with Gasteiger partial charge in [0.1, 0.15) is 17.3 Å². The molecule has 0 spiro atoms. The number of hydrogen-bond donors (Lipinski definition) is 1. The van der Waals surface area contributed by atoms with Crippen molar-refractivity contribution in [1.29, 1.82) is 0 Å². The number of aromatic nitrogens is 3. The summed E-state index contributed by atoms with van der Waals surface area (Å²) in [6.07, 6.45) is 2.45. The summed E-state index contributed by atoms with van der Waals surface area (Å²) in [4.78, 5) is 17.0. The zero-order chi connectivity index (χ0) is 22.8. The lowest BCUT2D eigenvalue weighted by atomic mass is 10.2. The van der Waals surface area contributed by atoms with Crippen molar-refractivity contribution in [1.82, 2.24) is 25.2 Å². The Hall–Kier alpha value is -3.11. The highest BCUT2D eigenvalue weighted by Gasteiger charge is 2.33. The van der Waals surface area contributed by atoms with Gasteiger partial charge in [-0.25, -0.2) is 13.9 Å². The topological polar surface area (TPSA) is 75.5 Å². The van der Waals surface area contributed by atoms with Crippen LogP contribution < -0.4 is 10.2 Å². The number of fused-ring (bicyclic) bond motifs is 1. The fourth-order valence-electron chi connectivity index (χ4n) is 4.30. The van der Waals surface area contributed by atoms with Crippen molar-refractivity contribution in [2.24, 2.45) is 0 Å². The molecule has 2 fully saturated rings. The largest absolute Gasteiger partial charge is 0.442 e. The number of halogens is 1. The quantitative estimate of drug-likeness (QED) is 0.534. The van der Waals surface area contributed by atoms with Crippen molar-refractivity contribution < 1.29 is 13.9 Å². The maximum Gasteiger partial charge on any atom is 0.414 e. The average Bonchev–Trinajstić information content (AvgIpc) is 3.56. The van der Waals surface area contributed by atoms with Gasteiger partial charge in [-0.3, -0.25) is 4.90 Å². The Morgan fingerprint density at radius 3 is 2.85 bits per heavy atom. The fourth-order valence-corrected chi connectivity index (χ4v) is 4.48. The number of para-hydroxylation sites is 1. The van der Waals surface area contributed by atoms with Gasteiger partial charge in [-0.15, -0.1) is 5.10 Å². The van der Waals surface area contributed by atoms with Crippen LogP contribution in [0.3, 0.4) is 0 Å². The first-order valence-electron chi connectivity index (χ1n) is 11.2. The zero-order valence-corrected chi connectivity index (χ0v) is 18.9. The maximum absolute atomic E-state index is 15.0. The van der Waals surface area contributed by atoms with Crippen molar-refractivity contribution in [3.05, 3.63) is 48.3 Å². The van der Waals surface area contributed by atoms with E-state index in [1.165, 1.54) is 28.5 Å². The second-order valence-corrected chi connectivity index (χ2v) is 8.84. The normalized spacial score (nSPS) is 18.8. The third kappa shape index (κ3) is 4.67. The molecule has 10 heteroatoms. The molecular weight excluding hydrogens is 443 g/mol. The Bertz CT molecular complexity index is 1180. The van der Waals surface area contributed by atoms with Crippen LogP contribution in [0.5, 0.6) is 0 Å². The van der Waals surface area contributed by atoms with Crippen LogP contribution in [0.25, 0.3) is 16.7 Å². The molecule has 1 amide bonds. The Labute approximate surface area is 196 Å². The molecule has 0 radical (unpaired) electrons. The van der Waals surface area contributed by atoms with Gasteiger partial charge in [-0.05, 0) is 56.3 Å². The predicted octanol–water partition coefficient (Wildman–Crippen LogP) is 3.29. The van der Waals surface area contributed by atoms with E-state index in [1.54, 1.807) is 12.1 Å². The first-order chi connectivity index (χ1) is 16.1. The van der Waals surface area contributed by atoms with Crippen LogP contribution in [0.2, 0.25) is 0 Å². The van der Waals surface area contributed by atoms with E-state index in [4.69, 9.17) is 17.0 Å². The number of ether oxygens (including phenoxy) is 1. The van der Waals surface area contributed by atoms with E-state index in [-0.39, 0.29) is 11.8 Å². The van der Waals surface area contributed by atoms with Crippen LogP contribution in [0.1, 0.15) is 19.3 Å². The monoisotopic (exact) mass is 468 g/mol. The zero-order valence-electron chi connectivity index (χ0n) is 18.1. The van der Waals surface area contributed by atoms with E-state index >= 15 is 0 Å². The molecular formula is C23H25FN6O2S. The third-order valence-electron chi connectivity index (χ3n) is 6.08. The van der Waals surface area contributed by atoms with Crippen molar-refractivity contribution in [2.75, 3.05) is 37.6 Å². The lowest BCUT2D eigenvalue weighted by Gasteiger charge is -2.17. The van der Waals surface area contributed by atoms with Gasteiger partial charge in [-0.1, -0.05) is 29.6 Å². The van der Waals surface area contributed by atoms with Crippen LogP contribution in [-0.4, -0.2) is 69.8 Å². The van der Waals surface area contributed by atoms with Crippen LogP contribution in [0.4, 0.5) is 14.9 Å². The lowest BCUT2D eigenvalue weighted by molar-refractivity contribution is 0.143. The molecule has 8 nitrogen and oxygen atoms in total. The molecule has 2 aromatic carbocycles. The number of carbonyl (C=O) groups excluding carboxylic acids is 1. The van der Waals surface area contributed by atoms with Crippen molar-refractivity contribution in [2.45, 2.75) is 25.4 Å². The highest BCUT2D eigenvalue weighted by molar-refractivity contribution is 7.80. The molecule has 33 heavy (non-hydrogen) atoms. The molecule has 1 N–H and O–H groups in total. The van der Waals surface area contributed by atoms with Crippen molar-refractivity contribution >= 4 is 40.0 Å². The smallest absolute Gasteiger partial charge is 0.414 e. The van der Waals surface area contributed by atoms with Crippen LogP contribution in [0, 0.1) is 5.82 Å². The highest BCUT2D eigenvalue weighted by Crippen LogP contribution is 2.26. The van der Waals surface area contributed by atoms with Crippen molar-refractivity contribution in [3.8, 4) is 5.69 Å². The van der Waals surface area contributed by atoms with Crippen LogP contribution in [0.15, 0.2) is 42.5 Å². The van der Waals surface area contributed by atoms with Gasteiger partial charge in [0.25, 0.3) is 0 Å². The Balaban J connectivity index is 1.20. The molecule has 3 heterocycles. The number of likely N-dealkylation sites (tertiary alicyclic amines) is 1.